The number of ether oxygens (including phenoxy) is 1. The van der Waals surface area contributed by atoms with Gasteiger partial charge in [-0.05, 0) is 69.0 Å². The van der Waals surface area contributed by atoms with Gasteiger partial charge in [0.2, 0.25) is 0 Å². The number of rotatable bonds is 6. The highest BCUT2D eigenvalue weighted by Gasteiger charge is 2.24. The molecule has 0 bridgehead atoms. The minimum Gasteiger partial charge on any atom is -0.496 e. The molecule has 0 saturated heterocycles. The highest BCUT2D eigenvalue weighted by Crippen LogP contribution is 2.40. The monoisotopic (exact) mass is 336 g/mol. The highest BCUT2D eigenvalue weighted by molar-refractivity contribution is 5.85. The fourth-order valence-corrected chi connectivity index (χ4v) is 3.53. The van der Waals surface area contributed by atoms with Gasteiger partial charge in [-0.3, -0.25) is 0 Å². The summed E-state index contributed by atoms with van der Waals surface area (Å²) in [5.74, 6) is 0.903. The van der Waals surface area contributed by atoms with Gasteiger partial charge in [-0.25, -0.2) is 0 Å². The molecule has 0 radical (unpaired) electrons. The summed E-state index contributed by atoms with van der Waals surface area (Å²) in [6.45, 7) is 5.18. The number of nitrogens with one attached hydrogen (secondary N) is 1. The van der Waals surface area contributed by atoms with Gasteiger partial charge in [0.25, 0.3) is 0 Å². The molecule has 0 spiro atoms. The maximum absolute atomic E-state index is 5.68. The van der Waals surface area contributed by atoms with Crippen molar-refractivity contribution < 1.29 is 4.74 Å². The summed E-state index contributed by atoms with van der Waals surface area (Å²) in [4.78, 5) is 0. The van der Waals surface area contributed by atoms with Crippen LogP contribution in [0.15, 0.2) is 48.5 Å². The molecule has 3 rings (SSSR count). The topological polar surface area (TPSA) is 47.3 Å². The molecular formula is C22H28N2O. The first-order chi connectivity index (χ1) is 12.0. The molecule has 3 heteroatoms. The lowest BCUT2D eigenvalue weighted by Gasteiger charge is -2.33. The van der Waals surface area contributed by atoms with Crippen LogP contribution in [-0.2, 0) is 0 Å². The van der Waals surface area contributed by atoms with E-state index >= 15 is 0 Å². The zero-order valence-corrected chi connectivity index (χ0v) is 15.4. The van der Waals surface area contributed by atoms with E-state index in [9.17, 15) is 0 Å². The second-order valence-electron chi connectivity index (χ2n) is 7.22. The molecule has 1 aliphatic heterocycles. The number of benzene rings is 2. The summed E-state index contributed by atoms with van der Waals surface area (Å²) < 4.78 is 5.54. The number of hydrogen-bond donors (Lipinski definition) is 2. The maximum atomic E-state index is 5.68. The molecule has 2 aromatic rings. The molecule has 0 aromatic heterocycles. The van der Waals surface area contributed by atoms with Crippen LogP contribution < -0.4 is 15.8 Å². The average Bonchev–Trinajstić information content (AvgIpc) is 2.60. The quantitative estimate of drug-likeness (QED) is 0.723. The number of allylic oxidation sites excluding steroid dienone is 1. The van der Waals surface area contributed by atoms with E-state index in [1.165, 1.54) is 22.4 Å². The Morgan fingerprint density at radius 3 is 2.60 bits per heavy atom. The Kier molecular flexibility index (Phi) is 5.14. The summed E-state index contributed by atoms with van der Waals surface area (Å²) in [5, 5.41) is 3.63. The number of nitrogens with two attached hydrogens (primary N) is 1. The standard InChI is InChI=1S/C22H28N2O/c1-22(2)15-17(8-6-7-13-23)19-14-16(11-12-20(19)24-22)18-9-4-5-10-21(18)25-3/h4-5,9-12,14-15,24H,6-8,13,23H2,1-3H3. The number of unbranched alkanes of at least 4 members (excludes halogenated alkanes) is 1. The molecule has 0 atom stereocenters. The molecular weight excluding hydrogens is 308 g/mol. The van der Waals surface area contributed by atoms with Crippen molar-refractivity contribution in [2.24, 2.45) is 5.73 Å². The van der Waals surface area contributed by atoms with Crippen LogP contribution in [0.1, 0.15) is 38.7 Å². The number of fused-ring (bicyclic) bond motifs is 1. The smallest absolute Gasteiger partial charge is 0.126 e. The van der Waals surface area contributed by atoms with Crippen LogP contribution in [-0.4, -0.2) is 19.2 Å². The van der Waals surface area contributed by atoms with E-state index in [-0.39, 0.29) is 5.54 Å². The van der Waals surface area contributed by atoms with Crippen molar-refractivity contribution in [1.82, 2.24) is 0 Å². The van der Waals surface area contributed by atoms with Crippen molar-refractivity contribution in [3.63, 3.8) is 0 Å². The molecule has 1 aliphatic rings. The Bertz CT molecular complexity index is 777. The van der Waals surface area contributed by atoms with Crippen molar-refractivity contribution in [1.29, 1.82) is 0 Å². The van der Waals surface area contributed by atoms with E-state index in [0.717, 1.165) is 37.1 Å². The number of hydrogen-bond acceptors (Lipinski definition) is 3. The van der Waals surface area contributed by atoms with E-state index in [1.807, 2.05) is 12.1 Å². The van der Waals surface area contributed by atoms with Gasteiger partial charge in [-0.1, -0.05) is 30.3 Å². The third kappa shape index (κ3) is 3.88. The average molecular weight is 336 g/mol. The third-order valence-corrected chi connectivity index (χ3v) is 4.68. The van der Waals surface area contributed by atoms with E-state index < -0.39 is 0 Å². The van der Waals surface area contributed by atoms with Crippen LogP contribution in [0.4, 0.5) is 5.69 Å². The molecule has 25 heavy (non-hydrogen) atoms. The van der Waals surface area contributed by atoms with Crippen LogP contribution in [0, 0.1) is 0 Å². The van der Waals surface area contributed by atoms with Gasteiger partial charge in [0.1, 0.15) is 5.75 Å². The molecule has 0 saturated carbocycles. The zero-order chi connectivity index (χ0) is 17.9. The summed E-state index contributed by atoms with van der Waals surface area (Å²) >= 11 is 0. The molecule has 3 nitrogen and oxygen atoms in total. The van der Waals surface area contributed by atoms with Gasteiger partial charge in [0, 0.05) is 16.8 Å². The summed E-state index contributed by atoms with van der Waals surface area (Å²) in [6, 6.07) is 14.8. The predicted molar refractivity (Wildman–Crippen MR) is 107 cm³/mol. The van der Waals surface area contributed by atoms with Crippen molar-refractivity contribution in [3.8, 4) is 16.9 Å². The second-order valence-corrected chi connectivity index (χ2v) is 7.22. The summed E-state index contributed by atoms with van der Waals surface area (Å²) in [7, 11) is 1.72. The predicted octanol–water partition coefficient (Wildman–Crippen LogP) is 5.08. The van der Waals surface area contributed by atoms with Gasteiger partial charge in [0.15, 0.2) is 0 Å². The molecule has 2 aromatic carbocycles. The minimum absolute atomic E-state index is 0.0308. The first-order valence-electron chi connectivity index (χ1n) is 9.02. The third-order valence-electron chi connectivity index (χ3n) is 4.68. The van der Waals surface area contributed by atoms with Gasteiger partial charge in [-0.15, -0.1) is 0 Å². The van der Waals surface area contributed by atoms with Crippen molar-refractivity contribution >= 4 is 11.3 Å². The lowest BCUT2D eigenvalue weighted by atomic mass is 9.86. The number of methoxy groups -OCH3 is 1. The summed E-state index contributed by atoms with van der Waals surface area (Å²) in [5.41, 5.74) is 11.9. The fraction of sp³-hybridized carbons (Fsp3) is 0.364. The summed E-state index contributed by atoms with van der Waals surface area (Å²) in [6.07, 6.45) is 5.60. The first-order valence-corrected chi connectivity index (χ1v) is 9.02. The Balaban J connectivity index is 2.01. The second kappa shape index (κ2) is 7.32. The Morgan fingerprint density at radius 1 is 1.04 bits per heavy atom. The molecule has 0 aliphatic carbocycles. The lowest BCUT2D eigenvalue weighted by Crippen LogP contribution is -2.31. The highest BCUT2D eigenvalue weighted by atomic mass is 16.5. The lowest BCUT2D eigenvalue weighted by molar-refractivity contribution is 0.416. The normalized spacial score (nSPS) is 15.1. The van der Waals surface area contributed by atoms with Gasteiger partial charge in [-0.2, -0.15) is 0 Å². The van der Waals surface area contributed by atoms with Crippen molar-refractivity contribution in [3.05, 3.63) is 54.1 Å². The Hall–Kier alpha value is -2.26. The van der Waals surface area contributed by atoms with Crippen LogP contribution in [0.25, 0.3) is 16.7 Å². The zero-order valence-electron chi connectivity index (χ0n) is 15.4. The van der Waals surface area contributed by atoms with Crippen LogP contribution in [0.3, 0.4) is 0 Å². The molecule has 3 N–H and O–H groups in total. The van der Waals surface area contributed by atoms with Gasteiger partial charge < -0.3 is 15.8 Å². The number of anilines is 1. The first kappa shape index (κ1) is 17.6. The van der Waals surface area contributed by atoms with Gasteiger partial charge in [0.05, 0.1) is 12.6 Å². The Morgan fingerprint density at radius 2 is 1.84 bits per heavy atom. The van der Waals surface area contributed by atoms with Crippen LogP contribution in [0.5, 0.6) is 5.75 Å². The molecule has 0 fully saturated rings. The molecule has 0 unspecified atom stereocenters. The fourth-order valence-electron chi connectivity index (χ4n) is 3.53. The largest absolute Gasteiger partial charge is 0.496 e. The molecule has 132 valence electrons. The molecule has 0 amide bonds. The minimum atomic E-state index is -0.0308. The van der Waals surface area contributed by atoms with E-state index in [2.05, 4.69) is 55.6 Å². The van der Waals surface area contributed by atoms with Crippen molar-refractivity contribution in [2.75, 3.05) is 19.0 Å². The van der Waals surface area contributed by atoms with Crippen molar-refractivity contribution in [2.45, 2.75) is 38.6 Å². The van der Waals surface area contributed by atoms with E-state index in [4.69, 9.17) is 10.5 Å². The number of para-hydroxylation sites is 1. The van der Waals surface area contributed by atoms with Gasteiger partial charge >= 0.3 is 0 Å². The SMILES string of the molecule is COc1ccccc1-c1ccc2c(c1)C(CCCCN)=CC(C)(C)N2. The maximum Gasteiger partial charge on any atom is 0.126 e. The van der Waals surface area contributed by atoms with E-state index in [1.54, 1.807) is 7.11 Å². The van der Waals surface area contributed by atoms with Crippen LogP contribution in [0.2, 0.25) is 0 Å². The van der Waals surface area contributed by atoms with Crippen LogP contribution >= 0.6 is 0 Å². The van der Waals surface area contributed by atoms with E-state index in [0.29, 0.717) is 0 Å². The molecule has 1 heterocycles. The Labute approximate surface area is 150 Å².